The molecule has 0 radical (unpaired) electrons. The summed E-state index contributed by atoms with van der Waals surface area (Å²) in [6.07, 6.45) is 2.99. The number of anilines is 2. The van der Waals surface area contributed by atoms with Crippen molar-refractivity contribution in [1.29, 1.82) is 0 Å². The zero-order chi connectivity index (χ0) is 20.2. The lowest BCUT2D eigenvalue weighted by Gasteiger charge is -2.35. The molecule has 0 saturated carbocycles. The van der Waals surface area contributed by atoms with Gasteiger partial charge in [0.25, 0.3) is 0 Å². The summed E-state index contributed by atoms with van der Waals surface area (Å²) in [5.74, 6) is -0.362. The monoisotopic (exact) mass is 414 g/mol. The third-order valence-electron chi connectivity index (χ3n) is 4.83. The molecule has 1 fully saturated rings. The van der Waals surface area contributed by atoms with Crippen LogP contribution in [0.5, 0.6) is 0 Å². The highest BCUT2D eigenvalue weighted by Crippen LogP contribution is 2.24. The third-order valence-corrected chi connectivity index (χ3v) is 5.06. The number of nitrogens with zero attached hydrogens (tertiary/aromatic N) is 5. The molecular formula is C20H20ClFN6O. The summed E-state index contributed by atoms with van der Waals surface area (Å²) < 4.78 is 14.7. The number of amides is 1. The minimum absolute atomic E-state index is 0.121. The number of hydrogen-bond acceptors (Lipinski definition) is 5. The smallest absolute Gasteiger partial charge is 0.238 e. The molecule has 2 aromatic carbocycles. The number of halogens is 2. The molecule has 9 heteroatoms. The number of carbonyl (C=O) groups excluding carboxylic acids is 1. The van der Waals surface area contributed by atoms with Gasteiger partial charge < -0.3 is 10.2 Å². The SMILES string of the molecule is O=C(CN1CCN(c2ccc(F)cc2)CC1)Nc1cc(Cl)ccc1-n1cncn1. The fourth-order valence-corrected chi connectivity index (χ4v) is 3.52. The number of hydrogen-bond donors (Lipinski definition) is 1. The lowest BCUT2D eigenvalue weighted by Crippen LogP contribution is -2.48. The molecule has 3 aromatic rings. The van der Waals surface area contributed by atoms with Gasteiger partial charge in [-0.25, -0.2) is 14.1 Å². The Morgan fingerprint density at radius 2 is 1.86 bits per heavy atom. The van der Waals surface area contributed by atoms with Crippen LogP contribution < -0.4 is 10.2 Å². The number of benzene rings is 2. The summed E-state index contributed by atoms with van der Waals surface area (Å²) in [7, 11) is 0. The first-order valence-corrected chi connectivity index (χ1v) is 9.63. The highest BCUT2D eigenvalue weighted by atomic mass is 35.5. The van der Waals surface area contributed by atoms with E-state index in [9.17, 15) is 9.18 Å². The first kappa shape index (κ1) is 19.4. The zero-order valence-corrected chi connectivity index (χ0v) is 16.4. The van der Waals surface area contributed by atoms with Gasteiger partial charge in [-0.3, -0.25) is 9.69 Å². The topological polar surface area (TPSA) is 66.3 Å². The summed E-state index contributed by atoms with van der Waals surface area (Å²) >= 11 is 6.10. The van der Waals surface area contributed by atoms with Gasteiger partial charge in [0.15, 0.2) is 0 Å². The van der Waals surface area contributed by atoms with Crippen LogP contribution in [0.2, 0.25) is 5.02 Å². The Labute approximate surface area is 172 Å². The highest BCUT2D eigenvalue weighted by molar-refractivity contribution is 6.31. The van der Waals surface area contributed by atoms with Gasteiger partial charge >= 0.3 is 0 Å². The maximum atomic E-state index is 13.1. The molecule has 1 N–H and O–H groups in total. The predicted molar refractivity (Wildman–Crippen MR) is 110 cm³/mol. The minimum Gasteiger partial charge on any atom is -0.369 e. The molecule has 150 valence electrons. The van der Waals surface area contributed by atoms with E-state index in [2.05, 4.69) is 25.2 Å². The van der Waals surface area contributed by atoms with Crippen molar-refractivity contribution in [2.45, 2.75) is 0 Å². The van der Waals surface area contributed by atoms with E-state index in [1.807, 2.05) is 0 Å². The number of rotatable bonds is 5. The van der Waals surface area contributed by atoms with Crippen molar-refractivity contribution in [2.75, 3.05) is 42.9 Å². The van der Waals surface area contributed by atoms with Crippen LogP contribution in [0.25, 0.3) is 5.69 Å². The van der Waals surface area contributed by atoms with Gasteiger partial charge in [-0.1, -0.05) is 11.6 Å². The molecule has 29 heavy (non-hydrogen) atoms. The van der Waals surface area contributed by atoms with Crippen LogP contribution in [0.3, 0.4) is 0 Å². The van der Waals surface area contributed by atoms with Crippen LogP contribution in [-0.4, -0.2) is 58.3 Å². The second-order valence-electron chi connectivity index (χ2n) is 6.79. The fourth-order valence-electron chi connectivity index (χ4n) is 3.35. The molecular weight excluding hydrogens is 395 g/mol. The number of aromatic nitrogens is 3. The second kappa shape index (κ2) is 8.59. The van der Waals surface area contributed by atoms with Crippen LogP contribution >= 0.6 is 11.6 Å². The summed E-state index contributed by atoms with van der Waals surface area (Å²) in [5.41, 5.74) is 2.27. The molecule has 1 aromatic heterocycles. The summed E-state index contributed by atoms with van der Waals surface area (Å²) in [6, 6.07) is 11.7. The van der Waals surface area contributed by atoms with Crippen molar-refractivity contribution in [3.63, 3.8) is 0 Å². The molecule has 0 bridgehead atoms. The van der Waals surface area contributed by atoms with Crippen molar-refractivity contribution in [2.24, 2.45) is 0 Å². The Morgan fingerprint density at radius 1 is 1.10 bits per heavy atom. The maximum absolute atomic E-state index is 13.1. The van der Waals surface area contributed by atoms with Crippen molar-refractivity contribution in [3.05, 3.63) is 66.0 Å². The largest absolute Gasteiger partial charge is 0.369 e. The van der Waals surface area contributed by atoms with Crippen LogP contribution in [0, 0.1) is 5.82 Å². The van der Waals surface area contributed by atoms with E-state index in [-0.39, 0.29) is 18.3 Å². The molecule has 0 unspecified atom stereocenters. The van der Waals surface area contributed by atoms with Gasteiger partial charge in [0, 0.05) is 36.9 Å². The van der Waals surface area contributed by atoms with E-state index in [1.54, 1.807) is 41.3 Å². The first-order chi connectivity index (χ1) is 14.1. The van der Waals surface area contributed by atoms with Crippen molar-refractivity contribution in [1.82, 2.24) is 19.7 Å². The Kier molecular flexibility index (Phi) is 5.73. The van der Waals surface area contributed by atoms with Gasteiger partial charge in [-0.05, 0) is 42.5 Å². The first-order valence-electron chi connectivity index (χ1n) is 9.26. The molecule has 2 heterocycles. The normalized spacial score (nSPS) is 14.8. The Morgan fingerprint density at radius 3 is 2.55 bits per heavy atom. The number of nitrogens with one attached hydrogen (secondary N) is 1. The Hall–Kier alpha value is -2.97. The van der Waals surface area contributed by atoms with Crippen molar-refractivity contribution < 1.29 is 9.18 Å². The molecule has 7 nitrogen and oxygen atoms in total. The molecule has 1 aliphatic heterocycles. The van der Waals surface area contributed by atoms with Crippen molar-refractivity contribution in [3.8, 4) is 5.69 Å². The average molecular weight is 415 g/mol. The van der Waals surface area contributed by atoms with Crippen LogP contribution in [0.1, 0.15) is 0 Å². The van der Waals surface area contributed by atoms with Gasteiger partial charge in [-0.15, -0.1) is 0 Å². The predicted octanol–water partition coefficient (Wildman–Crippen LogP) is 2.82. The van der Waals surface area contributed by atoms with Gasteiger partial charge in [-0.2, -0.15) is 5.10 Å². The zero-order valence-electron chi connectivity index (χ0n) is 15.6. The van der Waals surface area contributed by atoms with Gasteiger partial charge in [0.05, 0.1) is 17.9 Å². The fraction of sp³-hybridized carbons (Fsp3) is 0.250. The third kappa shape index (κ3) is 4.72. The van der Waals surface area contributed by atoms with E-state index in [1.165, 1.54) is 18.5 Å². The average Bonchev–Trinajstić information content (AvgIpc) is 3.24. The molecule has 0 atom stereocenters. The number of carbonyl (C=O) groups is 1. The van der Waals surface area contributed by atoms with Gasteiger partial charge in [0.2, 0.25) is 5.91 Å². The molecule has 1 amide bonds. The van der Waals surface area contributed by atoms with Crippen LogP contribution in [0.15, 0.2) is 55.1 Å². The Balaban J connectivity index is 1.35. The van der Waals surface area contributed by atoms with Gasteiger partial charge in [0.1, 0.15) is 18.5 Å². The molecule has 0 spiro atoms. The van der Waals surface area contributed by atoms with E-state index < -0.39 is 0 Å². The maximum Gasteiger partial charge on any atom is 0.238 e. The molecule has 1 saturated heterocycles. The molecule has 0 aliphatic carbocycles. The van der Waals surface area contributed by atoms with E-state index in [0.717, 1.165) is 31.9 Å². The van der Waals surface area contributed by atoms with E-state index in [0.29, 0.717) is 16.4 Å². The summed E-state index contributed by atoms with van der Waals surface area (Å²) in [5, 5.41) is 7.57. The van der Waals surface area contributed by atoms with Crippen LogP contribution in [-0.2, 0) is 4.79 Å². The lowest BCUT2D eigenvalue weighted by atomic mass is 10.2. The lowest BCUT2D eigenvalue weighted by molar-refractivity contribution is -0.117. The number of piperazine rings is 1. The summed E-state index contributed by atoms with van der Waals surface area (Å²) in [4.78, 5) is 20.8. The Bertz CT molecular complexity index is 971. The molecule has 4 rings (SSSR count). The summed E-state index contributed by atoms with van der Waals surface area (Å²) in [6.45, 7) is 3.33. The van der Waals surface area contributed by atoms with E-state index >= 15 is 0 Å². The highest BCUT2D eigenvalue weighted by Gasteiger charge is 2.20. The standard InChI is InChI=1S/C20H20ClFN6O/c21-15-1-6-19(28-14-23-13-24-28)18(11-15)25-20(29)12-26-7-9-27(10-8-26)17-4-2-16(22)3-5-17/h1-6,11,13-14H,7-10,12H2,(H,25,29). The second-order valence-corrected chi connectivity index (χ2v) is 7.23. The van der Waals surface area contributed by atoms with Crippen molar-refractivity contribution >= 4 is 28.9 Å². The van der Waals surface area contributed by atoms with E-state index in [4.69, 9.17) is 11.6 Å². The van der Waals surface area contributed by atoms with Crippen LogP contribution in [0.4, 0.5) is 15.8 Å². The minimum atomic E-state index is -0.240. The quantitative estimate of drug-likeness (QED) is 0.695. The molecule has 1 aliphatic rings.